The molecule has 0 unspecified atom stereocenters. The van der Waals surface area contributed by atoms with Crippen LogP contribution in [-0.4, -0.2) is 19.7 Å². The Balaban J connectivity index is 2.26. The van der Waals surface area contributed by atoms with Crippen LogP contribution < -0.4 is 0 Å². The first-order valence-corrected chi connectivity index (χ1v) is 6.54. The fraction of sp³-hybridized carbons (Fsp3) is 0.182. The summed E-state index contributed by atoms with van der Waals surface area (Å²) in [6, 6.07) is 9.28. The predicted octanol–water partition coefficient (Wildman–Crippen LogP) is 1.71. The highest BCUT2D eigenvalue weighted by atomic mass is 32.2. The highest BCUT2D eigenvalue weighted by Crippen LogP contribution is 2.14. The molecule has 1 aromatic carbocycles. The molecule has 0 aliphatic heterocycles. The standard InChI is InChI=1S/C11H11NO3S/c1-16(13,14)15-8-9-4-5-11-10(7-9)3-2-6-12-11/h2-7H,8H2,1H3. The van der Waals surface area contributed by atoms with Gasteiger partial charge in [-0.3, -0.25) is 9.17 Å². The molecule has 2 aromatic rings. The molecular formula is C11H11NO3S. The van der Waals surface area contributed by atoms with E-state index in [-0.39, 0.29) is 6.61 Å². The molecule has 0 amide bonds. The first kappa shape index (κ1) is 11.0. The number of benzene rings is 1. The van der Waals surface area contributed by atoms with Crippen molar-refractivity contribution in [3.8, 4) is 0 Å². The molecule has 0 aliphatic rings. The second kappa shape index (κ2) is 4.19. The van der Waals surface area contributed by atoms with Crippen LogP contribution >= 0.6 is 0 Å². The summed E-state index contributed by atoms with van der Waals surface area (Å²) in [6.45, 7) is 0.0592. The summed E-state index contributed by atoms with van der Waals surface area (Å²) in [4.78, 5) is 4.17. The van der Waals surface area contributed by atoms with Gasteiger partial charge in [0.25, 0.3) is 10.1 Å². The molecule has 2 rings (SSSR count). The number of aromatic nitrogens is 1. The third-order valence-corrected chi connectivity index (χ3v) is 2.65. The van der Waals surface area contributed by atoms with Crippen LogP contribution in [0.5, 0.6) is 0 Å². The maximum absolute atomic E-state index is 10.8. The molecule has 0 saturated carbocycles. The number of nitrogens with zero attached hydrogens (tertiary/aromatic N) is 1. The summed E-state index contributed by atoms with van der Waals surface area (Å²) in [5.74, 6) is 0. The van der Waals surface area contributed by atoms with E-state index in [2.05, 4.69) is 4.98 Å². The largest absolute Gasteiger partial charge is 0.265 e. The van der Waals surface area contributed by atoms with E-state index < -0.39 is 10.1 Å². The van der Waals surface area contributed by atoms with Gasteiger partial charge in [-0.2, -0.15) is 8.42 Å². The van der Waals surface area contributed by atoms with E-state index in [0.717, 1.165) is 22.7 Å². The summed E-state index contributed by atoms with van der Waals surface area (Å²) >= 11 is 0. The van der Waals surface area contributed by atoms with Crippen molar-refractivity contribution in [2.75, 3.05) is 6.26 Å². The fourth-order valence-corrected chi connectivity index (χ4v) is 1.74. The molecule has 1 heterocycles. The van der Waals surface area contributed by atoms with Gasteiger partial charge in [0.1, 0.15) is 0 Å². The van der Waals surface area contributed by atoms with Crippen LogP contribution in [0, 0.1) is 0 Å². The number of fused-ring (bicyclic) bond motifs is 1. The minimum atomic E-state index is -3.39. The van der Waals surface area contributed by atoms with E-state index in [1.54, 1.807) is 12.3 Å². The van der Waals surface area contributed by atoms with Gasteiger partial charge in [0.05, 0.1) is 18.4 Å². The molecule has 1 aromatic heterocycles. The van der Waals surface area contributed by atoms with Gasteiger partial charge in [-0.25, -0.2) is 0 Å². The molecule has 0 N–H and O–H groups in total. The predicted molar refractivity (Wildman–Crippen MR) is 61.4 cm³/mol. The first-order chi connectivity index (χ1) is 7.54. The third kappa shape index (κ3) is 2.77. The Morgan fingerprint density at radius 3 is 2.88 bits per heavy atom. The van der Waals surface area contributed by atoms with Crippen LogP contribution in [0.3, 0.4) is 0 Å². The molecule has 0 fully saturated rings. The van der Waals surface area contributed by atoms with Crippen LogP contribution in [0.4, 0.5) is 0 Å². The van der Waals surface area contributed by atoms with Crippen molar-refractivity contribution >= 4 is 21.0 Å². The lowest BCUT2D eigenvalue weighted by Gasteiger charge is -2.03. The van der Waals surface area contributed by atoms with Crippen molar-refractivity contribution in [3.63, 3.8) is 0 Å². The topological polar surface area (TPSA) is 56.3 Å². The Bertz CT molecular complexity index is 607. The molecule has 0 bridgehead atoms. The Hall–Kier alpha value is -1.46. The van der Waals surface area contributed by atoms with E-state index in [0.29, 0.717) is 0 Å². The van der Waals surface area contributed by atoms with Gasteiger partial charge in [-0.1, -0.05) is 12.1 Å². The van der Waals surface area contributed by atoms with Crippen LogP contribution in [-0.2, 0) is 20.9 Å². The van der Waals surface area contributed by atoms with E-state index in [4.69, 9.17) is 4.18 Å². The zero-order valence-electron chi connectivity index (χ0n) is 8.75. The molecule has 0 saturated heterocycles. The fourth-order valence-electron chi connectivity index (χ4n) is 1.39. The highest BCUT2D eigenvalue weighted by molar-refractivity contribution is 7.85. The van der Waals surface area contributed by atoms with E-state index in [1.807, 2.05) is 24.3 Å². The lowest BCUT2D eigenvalue weighted by atomic mass is 10.1. The first-order valence-electron chi connectivity index (χ1n) is 4.73. The average Bonchev–Trinajstić information content (AvgIpc) is 2.25. The number of pyridine rings is 1. The van der Waals surface area contributed by atoms with Crippen LogP contribution in [0.25, 0.3) is 10.9 Å². The number of hydrogen-bond acceptors (Lipinski definition) is 4. The number of rotatable bonds is 3. The molecule has 16 heavy (non-hydrogen) atoms. The van der Waals surface area contributed by atoms with E-state index in [9.17, 15) is 8.42 Å². The summed E-state index contributed by atoms with van der Waals surface area (Å²) in [5, 5.41) is 0.970. The number of hydrogen-bond donors (Lipinski definition) is 0. The molecule has 0 radical (unpaired) electrons. The quantitative estimate of drug-likeness (QED) is 0.762. The summed E-state index contributed by atoms with van der Waals surface area (Å²) in [5.41, 5.74) is 1.69. The SMILES string of the molecule is CS(=O)(=O)OCc1ccc2ncccc2c1. The molecular weight excluding hydrogens is 226 g/mol. The van der Waals surface area contributed by atoms with Gasteiger partial charge in [0.15, 0.2) is 0 Å². The Labute approximate surface area is 94.0 Å². The zero-order valence-corrected chi connectivity index (χ0v) is 9.57. The normalized spacial score (nSPS) is 11.8. The zero-order chi connectivity index (χ0) is 11.6. The Morgan fingerprint density at radius 2 is 2.12 bits per heavy atom. The summed E-state index contributed by atoms with van der Waals surface area (Å²) in [7, 11) is -3.39. The van der Waals surface area contributed by atoms with Crippen LogP contribution in [0.1, 0.15) is 5.56 Å². The second-order valence-electron chi connectivity index (χ2n) is 3.50. The summed E-state index contributed by atoms with van der Waals surface area (Å²) in [6.07, 6.45) is 2.75. The molecule has 4 nitrogen and oxygen atoms in total. The van der Waals surface area contributed by atoms with Gasteiger partial charge in [0.2, 0.25) is 0 Å². The van der Waals surface area contributed by atoms with Gasteiger partial charge >= 0.3 is 0 Å². The third-order valence-electron chi connectivity index (χ3n) is 2.11. The highest BCUT2D eigenvalue weighted by Gasteiger charge is 2.03. The Kier molecular flexibility index (Phi) is 2.89. The Morgan fingerprint density at radius 1 is 1.31 bits per heavy atom. The smallest absolute Gasteiger partial charge is 0.264 e. The maximum Gasteiger partial charge on any atom is 0.264 e. The van der Waals surface area contributed by atoms with Crippen molar-refractivity contribution in [1.82, 2.24) is 4.98 Å². The van der Waals surface area contributed by atoms with Gasteiger partial charge in [-0.05, 0) is 23.8 Å². The van der Waals surface area contributed by atoms with Crippen molar-refractivity contribution < 1.29 is 12.6 Å². The van der Waals surface area contributed by atoms with Crippen molar-refractivity contribution in [2.45, 2.75) is 6.61 Å². The van der Waals surface area contributed by atoms with Crippen molar-refractivity contribution in [1.29, 1.82) is 0 Å². The summed E-state index contributed by atoms with van der Waals surface area (Å²) < 4.78 is 26.4. The average molecular weight is 237 g/mol. The lowest BCUT2D eigenvalue weighted by molar-refractivity contribution is 0.312. The monoisotopic (exact) mass is 237 g/mol. The van der Waals surface area contributed by atoms with E-state index >= 15 is 0 Å². The maximum atomic E-state index is 10.8. The minimum Gasteiger partial charge on any atom is -0.265 e. The molecule has 84 valence electrons. The van der Waals surface area contributed by atoms with Crippen molar-refractivity contribution in [3.05, 3.63) is 42.1 Å². The van der Waals surface area contributed by atoms with Gasteiger partial charge in [0, 0.05) is 11.6 Å². The second-order valence-corrected chi connectivity index (χ2v) is 5.14. The van der Waals surface area contributed by atoms with E-state index in [1.165, 1.54) is 0 Å². The van der Waals surface area contributed by atoms with Crippen molar-refractivity contribution in [2.24, 2.45) is 0 Å². The molecule has 0 aliphatic carbocycles. The van der Waals surface area contributed by atoms with Gasteiger partial charge < -0.3 is 0 Å². The van der Waals surface area contributed by atoms with Crippen LogP contribution in [0.15, 0.2) is 36.5 Å². The molecule has 5 heteroatoms. The molecule has 0 spiro atoms. The van der Waals surface area contributed by atoms with Crippen LogP contribution in [0.2, 0.25) is 0 Å². The minimum absolute atomic E-state index is 0.0592. The van der Waals surface area contributed by atoms with Gasteiger partial charge in [-0.15, -0.1) is 0 Å². The molecule has 0 atom stereocenters. The lowest BCUT2D eigenvalue weighted by Crippen LogP contribution is -2.02.